The lowest BCUT2D eigenvalue weighted by Crippen LogP contribution is -2.33. The Labute approximate surface area is 126 Å². The van der Waals surface area contributed by atoms with Gasteiger partial charge in [-0.2, -0.15) is 0 Å². The number of piperidine rings is 1. The molecular formula is C17H26N4. The first-order valence-corrected chi connectivity index (χ1v) is 8.10. The van der Waals surface area contributed by atoms with Gasteiger partial charge in [0, 0.05) is 13.1 Å². The van der Waals surface area contributed by atoms with Crippen LogP contribution in [0.5, 0.6) is 0 Å². The van der Waals surface area contributed by atoms with Crippen LogP contribution in [0.25, 0.3) is 11.0 Å². The lowest BCUT2D eigenvalue weighted by Gasteiger charge is -2.27. The molecule has 0 radical (unpaired) electrons. The second-order valence-electron chi connectivity index (χ2n) is 6.30. The molecular weight excluding hydrogens is 260 g/mol. The first-order chi connectivity index (χ1) is 10.1. The molecule has 3 rings (SSSR count). The monoisotopic (exact) mass is 286 g/mol. The Morgan fingerprint density at radius 3 is 2.67 bits per heavy atom. The van der Waals surface area contributed by atoms with Crippen LogP contribution in [0.2, 0.25) is 0 Å². The highest BCUT2D eigenvalue weighted by Gasteiger charge is 2.16. The van der Waals surface area contributed by atoms with Crippen molar-refractivity contribution in [3.05, 3.63) is 29.6 Å². The first kappa shape index (κ1) is 14.5. The van der Waals surface area contributed by atoms with Gasteiger partial charge >= 0.3 is 0 Å². The Bertz CT molecular complexity index is 609. The van der Waals surface area contributed by atoms with E-state index in [0.717, 1.165) is 24.4 Å². The van der Waals surface area contributed by atoms with Gasteiger partial charge in [0.05, 0.1) is 17.1 Å². The minimum absolute atomic E-state index is 0.0286. The molecule has 4 heteroatoms. The van der Waals surface area contributed by atoms with E-state index in [4.69, 9.17) is 10.7 Å². The standard InChI is InChI=1S/C17H26N4/c1-13-6-7-16-15(12-13)19-17(14(2)18)21(16)11-10-20-8-4-3-5-9-20/h6-7,12,14H,3-5,8-11,18H2,1-2H3. The maximum absolute atomic E-state index is 6.13. The molecule has 1 aromatic heterocycles. The van der Waals surface area contributed by atoms with E-state index in [9.17, 15) is 0 Å². The van der Waals surface area contributed by atoms with Crippen molar-refractivity contribution in [2.75, 3.05) is 19.6 Å². The average molecular weight is 286 g/mol. The number of nitrogens with two attached hydrogens (primary N) is 1. The van der Waals surface area contributed by atoms with Crippen LogP contribution in [-0.2, 0) is 6.54 Å². The van der Waals surface area contributed by atoms with Crippen LogP contribution in [0.15, 0.2) is 18.2 Å². The smallest absolute Gasteiger partial charge is 0.126 e. The summed E-state index contributed by atoms with van der Waals surface area (Å²) < 4.78 is 2.31. The first-order valence-electron chi connectivity index (χ1n) is 8.10. The van der Waals surface area contributed by atoms with Gasteiger partial charge in [-0.3, -0.25) is 0 Å². The second kappa shape index (κ2) is 6.16. The van der Waals surface area contributed by atoms with E-state index < -0.39 is 0 Å². The zero-order chi connectivity index (χ0) is 14.8. The van der Waals surface area contributed by atoms with Crippen LogP contribution in [-0.4, -0.2) is 34.1 Å². The number of hydrogen-bond acceptors (Lipinski definition) is 3. The maximum Gasteiger partial charge on any atom is 0.126 e. The molecule has 1 atom stereocenters. The Balaban J connectivity index is 1.86. The third-order valence-electron chi connectivity index (χ3n) is 4.43. The minimum atomic E-state index is -0.0286. The average Bonchev–Trinajstić information content (AvgIpc) is 2.84. The highest BCUT2D eigenvalue weighted by molar-refractivity contribution is 5.77. The third kappa shape index (κ3) is 3.11. The normalized spacial score (nSPS) is 18.2. The van der Waals surface area contributed by atoms with Gasteiger partial charge in [0.25, 0.3) is 0 Å². The van der Waals surface area contributed by atoms with Gasteiger partial charge in [0.15, 0.2) is 0 Å². The van der Waals surface area contributed by atoms with Crippen molar-refractivity contribution in [1.29, 1.82) is 0 Å². The largest absolute Gasteiger partial charge is 0.325 e. The lowest BCUT2D eigenvalue weighted by molar-refractivity contribution is 0.220. The molecule has 1 aliphatic rings. The summed E-state index contributed by atoms with van der Waals surface area (Å²) in [5.41, 5.74) is 9.66. The Morgan fingerprint density at radius 2 is 1.95 bits per heavy atom. The van der Waals surface area contributed by atoms with Crippen LogP contribution in [0.3, 0.4) is 0 Å². The summed E-state index contributed by atoms with van der Waals surface area (Å²) >= 11 is 0. The molecule has 2 heterocycles. The number of fused-ring (bicyclic) bond motifs is 1. The molecule has 114 valence electrons. The maximum atomic E-state index is 6.13. The number of benzene rings is 1. The van der Waals surface area contributed by atoms with Crippen LogP contribution in [0.1, 0.15) is 43.6 Å². The summed E-state index contributed by atoms with van der Waals surface area (Å²) in [6, 6.07) is 6.46. The van der Waals surface area contributed by atoms with Crippen LogP contribution >= 0.6 is 0 Å². The second-order valence-corrected chi connectivity index (χ2v) is 6.30. The molecule has 0 bridgehead atoms. The SMILES string of the molecule is Cc1ccc2c(c1)nc(C(C)N)n2CCN1CCCCC1. The predicted molar refractivity (Wildman–Crippen MR) is 87.4 cm³/mol. The fourth-order valence-corrected chi connectivity index (χ4v) is 3.27. The molecule has 0 aliphatic carbocycles. The summed E-state index contributed by atoms with van der Waals surface area (Å²) in [7, 11) is 0. The Hall–Kier alpha value is -1.39. The molecule has 0 spiro atoms. The summed E-state index contributed by atoms with van der Waals surface area (Å²) in [6.07, 6.45) is 4.06. The van der Waals surface area contributed by atoms with Crippen molar-refractivity contribution < 1.29 is 0 Å². The zero-order valence-electron chi connectivity index (χ0n) is 13.2. The fourth-order valence-electron chi connectivity index (χ4n) is 3.27. The van der Waals surface area contributed by atoms with Crippen molar-refractivity contribution in [2.45, 2.75) is 45.7 Å². The molecule has 4 nitrogen and oxygen atoms in total. The van der Waals surface area contributed by atoms with Crippen molar-refractivity contribution in [1.82, 2.24) is 14.5 Å². The van der Waals surface area contributed by atoms with Gasteiger partial charge < -0.3 is 15.2 Å². The van der Waals surface area contributed by atoms with Crippen molar-refractivity contribution in [3.63, 3.8) is 0 Å². The molecule has 1 saturated heterocycles. The molecule has 1 aliphatic heterocycles. The van der Waals surface area contributed by atoms with Crippen LogP contribution in [0.4, 0.5) is 0 Å². The summed E-state index contributed by atoms with van der Waals surface area (Å²) in [4.78, 5) is 7.32. The van der Waals surface area contributed by atoms with Gasteiger partial charge in [-0.05, 0) is 57.5 Å². The number of rotatable bonds is 4. The number of nitrogens with zero attached hydrogens (tertiary/aromatic N) is 3. The molecule has 2 N–H and O–H groups in total. The molecule has 0 saturated carbocycles. The van der Waals surface area contributed by atoms with Crippen molar-refractivity contribution >= 4 is 11.0 Å². The third-order valence-corrected chi connectivity index (χ3v) is 4.43. The molecule has 2 aromatic rings. The molecule has 1 aromatic carbocycles. The topological polar surface area (TPSA) is 47.1 Å². The van der Waals surface area contributed by atoms with Crippen LogP contribution < -0.4 is 5.73 Å². The molecule has 1 fully saturated rings. The lowest BCUT2D eigenvalue weighted by atomic mass is 10.1. The molecule has 1 unspecified atom stereocenters. The van der Waals surface area contributed by atoms with Crippen LogP contribution in [0, 0.1) is 6.92 Å². The van der Waals surface area contributed by atoms with E-state index >= 15 is 0 Å². The number of aromatic nitrogens is 2. The predicted octanol–water partition coefficient (Wildman–Crippen LogP) is 2.85. The van der Waals surface area contributed by atoms with E-state index in [1.165, 1.54) is 43.4 Å². The molecule has 0 amide bonds. The summed E-state index contributed by atoms with van der Waals surface area (Å²) in [5, 5.41) is 0. The number of likely N-dealkylation sites (tertiary alicyclic amines) is 1. The van der Waals surface area contributed by atoms with Gasteiger partial charge in [-0.25, -0.2) is 4.98 Å². The Kier molecular flexibility index (Phi) is 4.27. The van der Waals surface area contributed by atoms with Crippen molar-refractivity contribution in [2.24, 2.45) is 5.73 Å². The summed E-state index contributed by atoms with van der Waals surface area (Å²) in [6.45, 7) is 8.68. The Morgan fingerprint density at radius 1 is 1.19 bits per heavy atom. The molecule has 21 heavy (non-hydrogen) atoms. The number of hydrogen-bond donors (Lipinski definition) is 1. The summed E-state index contributed by atoms with van der Waals surface area (Å²) in [5.74, 6) is 1.01. The van der Waals surface area contributed by atoms with Gasteiger partial charge in [0.1, 0.15) is 5.82 Å². The van der Waals surface area contributed by atoms with E-state index in [1.807, 2.05) is 6.92 Å². The van der Waals surface area contributed by atoms with Gasteiger partial charge in [0.2, 0.25) is 0 Å². The van der Waals surface area contributed by atoms with Gasteiger partial charge in [-0.15, -0.1) is 0 Å². The van der Waals surface area contributed by atoms with E-state index in [-0.39, 0.29) is 6.04 Å². The van der Waals surface area contributed by atoms with Gasteiger partial charge in [-0.1, -0.05) is 12.5 Å². The number of imidazole rings is 1. The minimum Gasteiger partial charge on any atom is -0.325 e. The highest BCUT2D eigenvalue weighted by atomic mass is 15.2. The van der Waals surface area contributed by atoms with E-state index in [1.54, 1.807) is 0 Å². The fraction of sp³-hybridized carbons (Fsp3) is 0.588. The van der Waals surface area contributed by atoms with Crippen molar-refractivity contribution in [3.8, 4) is 0 Å². The quantitative estimate of drug-likeness (QED) is 0.940. The van der Waals surface area contributed by atoms with E-state index in [0.29, 0.717) is 0 Å². The zero-order valence-corrected chi connectivity index (χ0v) is 13.2. The highest BCUT2D eigenvalue weighted by Crippen LogP contribution is 2.21. The number of aryl methyl sites for hydroxylation is 1. The van der Waals surface area contributed by atoms with E-state index in [2.05, 4.69) is 34.6 Å².